The highest BCUT2D eigenvalue weighted by atomic mass is 32.2. The summed E-state index contributed by atoms with van der Waals surface area (Å²) in [6.07, 6.45) is 0. The molecule has 0 bridgehead atoms. The standard InChI is InChI=1S/C19H15N5O2S2/c1-13-17(26)24-18(21-20-13)28-19(22-24)27-12-16(25)23(14-8-4-2-5-9-14)15-10-6-3-7-11-15/h2-11H,12H2,1H3. The fourth-order valence-electron chi connectivity index (χ4n) is 2.61. The van der Waals surface area contributed by atoms with Crippen molar-refractivity contribution < 1.29 is 4.79 Å². The van der Waals surface area contributed by atoms with Crippen LogP contribution in [0.5, 0.6) is 0 Å². The first kappa shape index (κ1) is 18.3. The number of fused-ring (bicyclic) bond motifs is 1. The number of anilines is 2. The monoisotopic (exact) mass is 409 g/mol. The predicted molar refractivity (Wildman–Crippen MR) is 110 cm³/mol. The van der Waals surface area contributed by atoms with E-state index in [1.165, 1.54) is 27.6 Å². The number of para-hydroxylation sites is 2. The van der Waals surface area contributed by atoms with Gasteiger partial charge in [-0.3, -0.25) is 14.5 Å². The molecule has 28 heavy (non-hydrogen) atoms. The number of carbonyl (C=O) groups is 1. The van der Waals surface area contributed by atoms with Crippen LogP contribution in [-0.4, -0.2) is 31.5 Å². The van der Waals surface area contributed by atoms with Gasteiger partial charge in [0.25, 0.3) is 5.56 Å². The van der Waals surface area contributed by atoms with Gasteiger partial charge in [-0.15, -0.1) is 15.3 Å². The molecule has 0 aliphatic rings. The number of amides is 1. The molecule has 0 N–H and O–H groups in total. The molecule has 140 valence electrons. The van der Waals surface area contributed by atoms with Crippen LogP contribution in [0, 0.1) is 6.92 Å². The SMILES string of the molecule is Cc1nnc2sc(SCC(=O)N(c3ccccc3)c3ccccc3)nn2c1=O. The molecule has 0 atom stereocenters. The molecule has 0 spiro atoms. The summed E-state index contributed by atoms with van der Waals surface area (Å²) in [5.74, 6) is 0.0846. The van der Waals surface area contributed by atoms with E-state index in [0.717, 1.165) is 11.4 Å². The molecule has 2 aromatic heterocycles. The molecule has 0 saturated heterocycles. The summed E-state index contributed by atoms with van der Waals surface area (Å²) in [5, 5.41) is 12.1. The molecule has 2 heterocycles. The second-order valence-electron chi connectivity index (χ2n) is 5.84. The van der Waals surface area contributed by atoms with E-state index in [9.17, 15) is 9.59 Å². The van der Waals surface area contributed by atoms with E-state index in [1.807, 2.05) is 60.7 Å². The van der Waals surface area contributed by atoms with Crippen LogP contribution in [0.4, 0.5) is 11.4 Å². The zero-order chi connectivity index (χ0) is 19.5. The van der Waals surface area contributed by atoms with Gasteiger partial charge in [-0.1, -0.05) is 59.5 Å². The third-order valence-electron chi connectivity index (χ3n) is 3.93. The van der Waals surface area contributed by atoms with E-state index in [1.54, 1.807) is 11.8 Å². The van der Waals surface area contributed by atoms with Crippen LogP contribution in [0.3, 0.4) is 0 Å². The van der Waals surface area contributed by atoms with Crippen molar-refractivity contribution in [2.45, 2.75) is 11.3 Å². The maximum atomic E-state index is 13.0. The quantitative estimate of drug-likeness (QED) is 0.471. The summed E-state index contributed by atoms with van der Waals surface area (Å²) in [7, 11) is 0. The average molecular weight is 409 g/mol. The fraction of sp³-hybridized carbons (Fsp3) is 0.105. The van der Waals surface area contributed by atoms with Gasteiger partial charge in [0.2, 0.25) is 10.9 Å². The molecule has 0 aliphatic carbocycles. The molecule has 9 heteroatoms. The van der Waals surface area contributed by atoms with Gasteiger partial charge in [0, 0.05) is 11.4 Å². The molecule has 1 amide bonds. The lowest BCUT2D eigenvalue weighted by molar-refractivity contribution is -0.115. The molecule has 4 rings (SSSR count). The fourth-order valence-corrected chi connectivity index (χ4v) is 4.33. The van der Waals surface area contributed by atoms with Crippen molar-refractivity contribution in [3.8, 4) is 0 Å². The van der Waals surface area contributed by atoms with Crippen LogP contribution >= 0.6 is 23.1 Å². The number of aryl methyl sites for hydroxylation is 1. The first-order valence-corrected chi connectivity index (χ1v) is 10.2. The third-order valence-corrected chi connectivity index (χ3v) is 5.94. The summed E-state index contributed by atoms with van der Waals surface area (Å²) < 4.78 is 1.82. The number of hydrogen-bond donors (Lipinski definition) is 0. The molecule has 0 unspecified atom stereocenters. The summed E-state index contributed by atoms with van der Waals surface area (Å²) >= 11 is 2.51. The highest BCUT2D eigenvalue weighted by molar-refractivity contribution is 8.01. The first-order chi connectivity index (χ1) is 13.6. The van der Waals surface area contributed by atoms with Gasteiger partial charge in [0.05, 0.1) is 5.75 Å². The molecular formula is C19H15N5O2S2. The molecule has 0 radical (unpaired) electrons. The number of benzene rings is 2. The van der Waals surface area contributed by atoms with E-state index < -0.39 is 0 Å². The highest BCUT2D eigenvalue weighted by Gasteiger charge is 2.19. The Morgan fingerprint density at radius 2 is 1.64 bits per heavy atom. The molecule has 0 fully saturated rings. The number of carbonyl (C=O) groups excluding carboxylic acids is 1. The minimum Gasteiger partial charge on any atom is -0.280 e. The Bertz CT molecular complexity index is 1140. The van der Waals surface area contributed by atoms with Crippen molar-refractivity contribution >= 4 is 45.3 Å². The van der Waals surface area contributed by atoms with Gasteiger partial charge >= 0.3 is 0 Å². The Kier molecular flexibility index (Phi) is 5.18. The minimum atomic E-state index is -0.297. The lowest BCUT2D eigenvalue weighted by Gasteiger charge is -2.22. The van der Waals surface area contributed by atoms with Gasteiger partial charge in [-0.2, -0.15) is 4.52 Å². The van der Waals surface area contributed by atoms with Gasteiger partial charge in [0.1, 0.15) is 5.69 Å². The first-order valence-electron chi connectivity index (χ1n) is 8.42. The number of hydrogen-bond acceptors (Lipinski definition) is 7. The van der Waals surface area contributed by atoms with Crippen LogP contribution in [0.25, 0.3) is 4.96 Å². The van der Waals surface area contributed by atoms with E-state index in [2.05, 4.69) is 15.3 Å². The van der Waals surface area contributed by atoms with Gasteiger partial charge in [0.15, 0.2) is 4.34 Å². The molecule has 7 nitrogen and oxygen atoms in total. The van der Waals surface area contributed by atoms with Crippen LogP contribution in [0.2, 0.25) is 0 Å². The second-order valence-corrected chi connectivity index (χ2v) is 8.02. The summed E-state index contributed by atoms with van der Waals surface area (Å²) in [6.45, 7) is 1.59. The Balaban J connectivity index is 1.58. The Morgan fingerprint density at radius 3 is 2.25 bits per heavy atom. The van der Waals surface area contributed by atoms with Crippen molar-refractivity contribution in [1.29, 1.82) is 0 Å². The summed E-state index contributed by atoms with van der Waals surface area (Å²) in [4.78, 5) is 27.2. The predicted octanol–water partition coefficient (Wildman–Crippen LogP) is 3.31. The maximum Gasteiger partial charge on any atom is 0.296 e. The zero-order valence-corrected chi connectivity index (χ0v) is 16.5. The van der Waals surface area contributed by atoms with Crippen molar-refractivity contribution in [2.24, 2.45) is 0 Å². The van der Waals surface area contributed by atoms with Crippen molar-refractivity contribution in [3.63, 3.8) is 0 Å². The Hall–Kier alpha value is -3.04. The second kappa shape index (κ2) is 7.91. The topological polar surface area (TPSA) is 80.5 Å². The van der Waals surface area contributed by atoms with E-state index in [4.69, 9.17) is 0 Å². The minimum absolute atomic E-state index is 0.0868. The number of thioether (sulfide) groups is 1. The van der Waals surface area contributed by atoms with Crippen LogP contribution in [0.1, 0.15) is 5.69 Å². The van der Waals surface area contributed by atoms with E-state index in [0.29, 0.717) is 9.30 Å². The lowest BCUT2D eigenvalue weighted by Crippen LogP contribution is -2.27. The van der Waals surface area contributed by atoms with Crippen molar-refractivity contribution in [3.05, 3.63) is 76.7 Å². The smallest absolute Gasteiger partial charge is 0.280 e. The van der Waals surface area contributed by atoms with Crippen molar-refractivity contribution in [2.75, 3.05) is 10.7 Å². The zero-order valence-electron chi connectivity index (χ0n) is 14.8. The van der Waals surface area contributed by atoms with Gasteiger partial charge in [-0.05, 0) is 31.2 Å². The van der Waals surface area contributed by atoms with Gasteiger partial charge < -0.3 is 0 Å². The molecule has 0 saturated carbocycles. The molecule has 0 aliphatic heterocycles. The average Bonchev–Trinajstić information content (AvgIpc) is 3.15. The highest BCUT2D eigenvalue weighted by Crippen LogP contribution is 2.28. The maximum absolute atomic E-state index is 13.0. The van der Waals surface area contributed by atoms with Crippen LogP contribution in [0.15, 0.2) is 69.8 Å². The largest absolute Gasteiger partial charge is 0.296 e. The number of aromatic nitrogens is 4. The number of rotatable bonds is 5. The summed E-state index contributed by atoms with van der Waals surface area (Å²) in [5.41, 5.74) is 1.58. The third kappa shape index (κ3) is 3.67. The Labute approximate surface area is 168 Å². The summed E-state index contributed by atoms with van der Waals surface area (Å²) in [6, 6.07) is 19.0. The lowest BCUT2D eigenvalue weighted by atomic mass is 10.2. The normalized spacial score (nSPS) is 10.9. The molecular weight excluding hydrogens is 394 g/mol. The molecule has 4 aromatic rings. The van der Waals surface area contributed by atoms with E-state index in [-0.39, 0.29) is 22.9 Å². The van der Waals surface area contributed by atoms with E-state index >= 15 is 0 Å². The van der Waals surface area contributed by atoms with Crippen LogP contribution in [-0.2, 0) is 4.79 Å². The van der Waals surface area contributed by atoms with Crippen molar-refractivity contribution in [1.82, 2.24) is 19.8 Å². The van der Waals surface area contributed by atoms with Crippen LogP contribution < -0.4 is 10.5 Å². The number of nitrogens with zero attached hydrogens (tertiary/aromatic N) is 5. The molecule has 2 aromatic carbocycles. The van der Waals surface area contributed by atoms with Gasteiger partial charge in [-0.25, -0.2) is 0 Å². The Morgan fingerprint density at radius 1 is 1.04 bits per heavy atom.